The van der Waals surface area contributed by atoms with Crippen LogP contribution in [0.3, 0.4) is 0 Å². The lowest BCUT2D eigenvalue weighted by atomic mass is 10.1. The first-order valence-electron chi connectivity index (χ1n) is 8.94. The summed E-state index contributed by atoms with van der Waals surface area (Å²) in [5.74, 6) is -0.255. The highest BCUT2D eigenvalue weighted by Gasteiger charge is 2.26. The summed E-state index contributed by atoms with van der Waals surface area (Å²) in [7, 11) is 1.47. The van der Waals surface area contributed by atoms with Gasteiger partial charge in [-0.3, -0.25) is 9.69 Å². The molecule has 2 heterocycles. The van der Waals surface area contributed by atoms with E-state index in [0.29, 0.717) is 36.5 Å². The molecule has 8 heteroatoms. The van der Waals surface area contributed by atoms with Crippen molar-refractivity contribution in [2.75, 3.05) is 38.6 Å². The average Bonchev–Trinajstić information content (AvgIpc) is 2.68. The van der Waals surface area contributed by atoms with Gasteiger partial charge in [0.1, 0.15) is 11.6 Å². The third kappa shape index (κ3) is 4.33. The molecule has 3 rings (SSSR count). The smallest absolute Gasteiger partial charge is 0.257 e. The van der Waals surface area contributed by atoms with E-state index in [-0.39, 0.29) is 11.5 Å². The Bertz CT molecular complexity index is 792. The van der Waals surface area contributed by atoms with Crippen molar-refractivity contribution in [2.24, 2.45) is 0 Å². The Morgan fingerprint density at radius 3 is 2.44 bits per heavy atom. The Kier molecular flexibility index (Phi) is 5.85. The molecule has 0 spiro atoms. The number of halogens is 1. The molecular formula is C19H24FN5O2. The number of methoxy groups -OCH3 is 1. The maximum absolute atomic E-state index is 14.7. The van der Waals surface area contributed by atoms with Crippen LogP contribution in [0, 0.1) is 5.82 Å². The van der Waals surface area contributed by atoms with E-state index in [1.165, 1.54) is 19.2 Å². The number of hydrogen-bond donors (Lipinski definition) is 1. The molecule has 2 aromatic rings. The van der Waals surface area contributed by atoms with Crippen molar-refractivity contribution in [1.29, 1.82) is 0 Å². The monoisotopic (exact) mass is 373 g/mol. The van der Waals surface area contributed by atoms with Crippen LogP contribution in [0.5, 0.6) is 5.75 Å². The Morgan fingerprint density at radius 1 is 1.19 bits per heavy atom. The predicted octanol–water partition coefficient (Wildman–Crippen LogP) is 2.53. The van der Waals surface area contributed by atoms with Crippen molar-refractivity contribution < 1.29 is 13.9 Å². The van der Waals surface area contributed by atoms with Crippen LogP contribution in [0.15, 0.2) is 30.6 Å². The van der Waals surface area contributed by atoms with Crippen LogP contribution in [0.1, 0.15) is 24.2 Å². The van der Waals surface area contributed by atoms with E-state index in [4.69, 9.17) is 4.74 Å². The van der Waals surface area contributed by atoms with E-state index in [1.54, 1.807) is 23.4 Å². The number of nitrogens with zero attached hydrogens (tertiary/aromatic N) is 4. The molecule has 27 heavy (non-hydrogen) atoms. The molecule has 1 saturated heterocycles. The lowest BCUT2D eigenvalue weighted by Gasteiger charge is -2.37. The molecule has 144 valence electrons. The number of ether oxygens (including phenoxy) is 1. The van der Waals surface area contributed by atoms with Crippen molar-refractivity contribution in [2.45, 2.75) is 19.9 Å². The zero-order valence-corrected chi connectivity index (χ0v) is 15.8. The van der Waals surface area contributed by atoms with Crippen LogP contribution in [0.2, 0.25) is 0 Å². The SMILES string of the molecule is COc1cc(C(=O)N2CCN(C(C)C)CC2)c(F)cc1Nc1ncccn1. The summed E-state index contributed by atoms with van der Waals surface area (Å²) >= 11 is 0. The number of aromatic nitrogens is 2. The van der Waals surface area contributed by atoms with Gasteiger partial charge in [0.05, 0.1) is 18.4 Å². The van der Waals surface area contributed by atoms with Crippen molar-refractivity contribution in [3.8, 4) is 5.75 Å². The molecule has 7 nitrogen and oxygen atoms in total. The fourth-order valence-corrected chi connectivity index (χ4v) is 3.08. The molecule has 0 atom stereocenters. The fourth-order valence-electron chi connectivity index (χ4n) is 3.08. The van der Waals surface area contributed by atoms with E-state index in [2.05, 4.69) is 34.0 Å². The topological polar surface area (TPSA) is 70.6 Å². The zero-order chi connectivity index (χ0) is 19.4. The van der Waals surface area contributed by atoms with E-state index < -0.39 is 5.82 Å². The van der Waals surface area contributed by atoms with E-state index >= 15 is 0 Å². The molecule has 0 saturated carbocycles. The summed E-state index contributed by atoms with van der Waals surface area (Å²) in [5, 5.41) is 2.91. The Labute approximate surface area is 158 Å². The molecule has 1 aromatic carbocycles. The first-order chi connectivity index (χ1) is 13.0. The number of piperazine rings is 1. The van der Waals surface area contributed by atoms with Crippen LogP contribution >= 0.6 is 0 Å². The number of carbonyl (C=O) groups excluding carboxylic acids is 1. The molecule has 0 aliphatic carbocycles. The van der Waals surface area contributed by atoms with E-state index in [0.717, 1.165) is 13.1 Å². The first-order valence-corrected chi connectivity index (χ1v) is 8.94. The molecule has 1 N–H and O–H groups in total. The second-order valence-corrected chi connectivity index (χ2v) is 6.65. The van der Waals surface area contributed by atoms with Crippen LogP contribution in [0.4, 0.5) is 16.0 Å². The molecule has 1 aliphatic heterocycles. The van der Waals surface area contributed by atoms with E-state index in [1.807, 2.05) is 0 Å². The van der Waals surface area contributed by atoms with Crippen LogP contribution in [0.25, 0.3) is 0 Å². The van der Waals surface area contributed by atoms with Gasteiger partial charge < -0.3 is 15.0 Å². The van der Waals surface area contributed by atoms with Gasteiger partial charge in [0.2, 0.25) is 5.95 Å². The number of anilines is 2. The molecule has 1 aliphatic rings. The van der Waals surface area contributed by atoms with Gasteiger partial charge in [0.25, 0.3) is 5.91 Å². The predicted molar refractivity (Wildman–Crippen MR) is 101 cm³/mol. The van der Waals surface area contributed by atoms with Crippen LogP contribution in [-0.4, -0.2) is 65.0 Å². The van der Waals surface area contributed by atoms with Gasteiger partial charge in [-0.05, 0) is 26.0 Å². The molecule has 0 bridgehead atoms. The van der Waals surface area contributed by atoms with Gasteiger partial charge in [0, 0.05) is 50.7 Å². The lowest BCUT2D eigenvalue weighted by molar-refractivity contribution is 0.0591. The van der Waals surface area contributed by atoms with Gasteiger partial charge in [-0.2, -0.15) is 0 Å². The number of amides is 1. The summed E-state index contributed by atoms with van der Waals surface area (Å²) in [4.78, 5) is 24.9. The molecule has 1 fully saturated rings. The summed E-state index contributed by atoms with van der Waals surface area (Å²) in [6.07, 6.45) is 3.15. The minimum Gasteiger partial charge on any atom is -0.495 e. The molecule has 0 unspecified atom stereocenters. The number of rotatable bonds is 5. The first kappa shape index (κ1) is 19.0. The third-order valence-electron chi connectivity index (χ3n) is 4.66. The normalized spacial score (nSPS) is 15.1. The summed E-state index contributed by atoms with van der Waals surface area (Å²) in [5.41, 5.74) is 0.367. The highest BCUT2D eigenvalue weighted by molar-refractivity contribution is 5.96. The van der Waals surface area contributed by atoms with Gasteiger partial charge in [-0.25, -0.2) is 14.4 Å². The Morgan fingerprint density at radius 2 is 1.85 bits per heavy atom. The van der Waals surface area contributed by atoms with Crippen molar-refractivity contribution in [3.63, 3.8) is 0 Å². The highest BCUT2D eigenvalue weighted by Crippen LogP contribution is 2.30. The van der Waals surface area contributed by atoms with Gasteiger partial charge >= 0.3 is 0 Å². The minimum atomic E-state index is -0.606. The van der Waals surface area contributed by atoms with Crippen LogP contribution in [-0.2, 0) is 0 Å². The van der Waals surface area contributed by atoms with Gasteiger partial charge in [-0.1, -0.05) is 0 Å². The lowest BCUT2D eigenvalue weighted by Crippen LogP contribution is -2.50. The van der Waals surface area contributed by atoms with Crippen molar-refractivity contribution in [3.05, 3.63) is 42.0 Å². The Hall–Kier alpha value is -2.74. The standard InChI is InChI=1S/C19H24FN5O2/c1-13(2)24-7-9-25(10-8-24)18(26)14-11-17(27-3)16(12-15(14)20)23-19-21-5-4-6-22-19/h4-6,11-13H,7-10H2,1-3H3,(H,21,22,23). The van der Waals surface area contributed by atoms with Gasteiger partial charge in [0.15, 0.2) is 0 Å². The van der Waals surface area contributed by atoms with Crippen molar-refractivity contribution >= 4 is 17.5 Å². The third-order valence-corrected chi connectivity index (χ3v) is 4.66. The van der Waals surface area contributed by atoms with E-state index in [9.17, 15) is 9.18 Å². The minimum absolute atomic E-state index is 0.00405. The molecule has 1 aromatic heterocycles. The molecule has 0 radical (unpaired) electrons. The van der Waals surface area contributed by atoms with Gasteiger partial charge in [-0.15, -0.1) is 0 Å². The zero-order valence-electron chi connectivity index (χ0n) is 15.8. The maximum Gasteiger partial charge on any atom is 0.257 e. The maximum atomic E-state index is 14.7. The number of nitrogens with one attached hydrogen (secondary N) is 1. The molecular weight excluding hydrogens is 349 g/mol. The largest absolute Gasteiger partial charge is 0.495 e. The fraction of sp³-hybridized carbons (Fsp3) is 0.421. The quantitative estimate of drug-likeness (QED) is 0.869. The summed E-state index contributed by atoms with van der Waals surface area (Å²) in [6.45, 7) is 6.99. The highest BCUT2D eigenvalue weighted by atomic mass is 19.1. The average molecular weight is 373 g/mol. The number of hydrogen-bond acceptors (Lipinski definition) is 6. The van der Waals surface area contributed by atoms with Crippen molar-refractivity contribution in [1.82, 2.24) is 19.8 Å². The van der Waals surface area contributed by atoms with Crippen LogP contribution < -0.4 is 10.1 Å². The second kappa shape index (κ2) is 8.30. The Balaban J connectivity index is 1.79. The molecule has 1 amide bonds. The summed E-state index contributed by atoms with van der Waals surface area (Å²) in [6, 6.07) is 4.79. The summed E-state index contributed by atoms with van der Waals surface area (Å²) < 4.78 is 20.0. The number of carbonyl (C=O) groups is 1. The second-order valence-electron chi connectivity index (χ2n) is 6.65. The number of benzene rings is 1.